The van der Waals surface area contributed by atoms with Crippen LogP contribution in [0, 0.1) is 25.7 Å². The number of thiazole rings is 1. The van der Waals surface area contributed by atoms with Crippen LogP contribution in [0.2, 0.25) is 0 Å². The van der Waals surface area contributed by atoms with E-state index in [1.807, 2.05) is 13.8 Å². The molecule has 1 aromatic heterocycles. The quantitative estimate of drug-likeness (QED) is 0.320. The van der Waals surface area contributed by atoms with E-state index in [1.54, 1.807) is 11.3 Å². The van der Waals surface area contributed by atoms with Crippen LogP contribution >= 0.6 is 35.3 Å². The second-order valence-electron chi connectivity index (χ2n) is 5.93. The number of hydrogen-bond acceptors (Lipinski definition) is 5. The SMILES string of the molecule is CCNC(=NCc1nc(C)c(C)s1)N1CC(C)C(C(=O)OC)C1.I. The first-order valence-electron chi connectivity index (χ1n) is 8.00. The Balaban J connectivity index is 0.00000288. The van der Waals surface area contributed by atoms with Crippen LogP contribution in [-0.2, 0) is 16.1 Å². The molecule has 0 saturated carbocycles. The molecule has 0 aliphatic carbocycles. The summed E-state index contributed by atoms with van der Waals surface area (Å²) in [5.74, 6) is 0.877. The summed E-state index contributed by atoms with van der Waals surface area (Å²) in [5, 5.41) is 4.34. The van der Waals surface area contributed by atoms with Crippen molar-refractivity contribution in [3.63, 3.8) is 0 Å². The fraction of sp³-hybridized carbons (Fsp3) is 0.688. The van der Waals surface area contributed by atoms with Crippen molar-refractivity contribution in [3.05, 3.63) is 15.6 Å². The number of aliphatic imine (C=N–C) groups is 1. The van der Waals surface area contributed by atoms with Gasteiger partial charge in [-0.15, -0.1) is 35.3 Å². The Bertz CT molecular complexity index is 571. The molecule has 6 nitrogen and oxygen atoms in total. The van der Waals surface area contributed by atoms with Crippen LogP contribution in [0.4, 0.5) is 0 Å². The molecule has 2 atom stereocenters. The maximum absolute atomic E-state index is 11.9. The predicted molar refractivity (Wildman–Crippen MR) is 108 cm³/mol. The zero-order chi connectivity index (χ0) is 17.0. The van der Waals surface area contributed by atoms with Crippen molar-refractivity contribution in [1.82, 2.24) is 15.2 Å². The Morgan fingerprint density at radius 1 is 1.46 bits per heavy atom. The van der Waals surface area contributed by atoms with Gasteiger partial charge in [0.2, 0.25) is 0 Å². The molecule has 0 radical (unpaired) electrons. The first-order valence-corrected chi connectivity index (χ1v) is 8.81. The Morgan fingerprint density at radius 3 is 2.71 bits per heavy atom. The number of ether oxygens (including phenoxy) is 1. The van der Waals surface area contributed by atoms with Gasteiger partial charge in [0.1, 0.15) is 5.01 Å². The zero-order valence-corrected chi connectivity index (χ0v) is 18.1. The highest BCUT2D eigenvalue weighted by Crippen LogP contribution is 2.24. The number of methoxy groups -OCH3 is 1. The third-order valence-electron chi connectivity index (χ3n) is 4.19. The largest absolute Gasteiger partial charge is 0.469 e. The lowest BCUT2D eigenvalue weighted by Gasteiger charge is -2.21. The molecular formula is C16H27IN4O2S. The maximum atomic E-state index is 11.9. The number of halogens is 1. The van der Waals surface area contributed by atoms with Gasteiger partial charge >= 0.3 is 5.97 Å². The minimum atomic E-state index is -0.137. The summed E-state index contributed by atoms with van der Waals surface area (Å²) < 4.78 is 4.90. The number of nitrogens with one attached hydrogen (secondary N) is 1. The molecule has 1 fully saturated rings. The third-order valence-corrected chi connectivity index (χ3v) is 5.25. The van der Waals surface area contributed by atoms with E-state index in [1.165, 1.54) is 12.0 Å². The molecule has 0 amide bonds. The monoisotopic (exact) mass is 466 g/mol. The Labute approximate surface area is 165 Å². The Hall–Kier alpha value is -0.900. The number of aryl methyl sites for hydroxylation is 2. The van der Waals surface area contributed by atoms with E-state index < -0.39 is 0 Å². The average molecular weight is 466 g/mol. The molecule has 0 aromatic carbocycles. The fourth-order valence-corrected chi connectivity index (χ4v) is 3.63. The van der Waals surface area contributed by atoms with Gasteiger partial charge in [-0.2, -0.15) is 0 Å². The van der Waals surface area contributed by atoms with E-state index in [0.717, 1.165) is 29.8 Å². The number of rotatable bonds is 4. The minimum absolute atomic E-state index is 0. The first kappa shape index (κ1) is 21.1. The van der Waals surface area contributed by atoms with Gasteiger partial charge in [0.15, 0.2) is 5.96 Å². The van der Waals surface area contributed by atoms with E-state index in [-0.39, 0.29) is 41.8 Å². The van der Waals surface area contributed by atoms with Gasteiger partial charge in [0, 0.05) is 24.5 Å². The summed E-state index contributed by atoms with van der Waals surface area (Å²) in [7, 11) is 1.45. The van der Waals surface area contributed by atoms with Crippen molar-refractivity contribution in [2.24, 2.45) is 16.8 Å². The van der Waals surface area contributed by atoms with Crippen LogP contribution in [0.5, 0.6) is 0 Å². The number of nitrogens with zero attached hydrogens (tertiary/aromatic N) is 3. The number of aromatic nitrogens is 1. The summed E-state index contributed by atoms with van der Waals surface area (Å²) in [5.41, 5.74) is 1.07. The van der Waals surface area contributed by atoms with E-state index >= 15 is 0 Å². The lowest BCUT2D eigenvalue weighted by atomic mass is 9.99. The summed E-state index contributed by atoms with van der Waals surface area (Å²) >= 11 is 1.69. The average Bonchev–Trinajstić information content (AvgIpc) is 3.06. The molecule has 24 heavy (non-hydrogen) atoms. The predicted octanol–water partition coefficient (Wildman–Crippen LogP) is 2.58. The van der Waals surface area contributed by atoms with Crippen LogP contribution < -0.4 is 5.32 Å². The highest BCUT2D eigenvalue weighted by Gasteiger charge is 2.36. The van der Waals surface area contributed by atoms with Crippen molar-refractivity contribution in [3.8, 4) is 0 Å². The van der Waals surface area contributed by atoms with Gasteiger partial charge in [-0.05, 0) is 26.7 Å². The molecule has 1 aliphatic rings. The lowest BCUT2D eigenvalue weighted by Crippen LogP contribution is -2.40. The highest BCUT2D eigenvalue weighted by molar-refractivity contribution is 14.0. The molecule has 1 N–H and O–H groups in total. The lowest BCUT2D eigenvalue weighted by molar-refractivity contribution is -0.145. The molecule has 2 unspecified atom stereocenters. The first-order chi connectivity index (χ1) is 11.0. The molecule has 2 rings (SSSR count). The molecule has 1 saturated heterocycles. The number of hydrogen-bond donors (Lipinski definition) is 1. The highest BCUT2D eigenvalue weighted by atomic mass is 127. The number of esters is 1. The van der Waals surface area contributed by atoms with Crippen LogP contribution in [0.15, 0.2) is 4.99 Å². The molecule has 2 heterocycles. The number of carbonyl (C=O) groups excluding carboxylic acids is 1. The number of guanidine groups is 1. The van der Waals surface area contributed by atoms with Crippen molar-refractivity contribution in [2.45, 2.75) is 34.2 Å². The van der Waals surface area contributed by atoms with Crippen molar-refractivity contribution in [2.75, 3.05) is 26.7 Å². The van der Waals surface area contributed by atoms with Crippen molar-refractivity contribution in [1.29, 1.82) is 0 Å². The molecule has 0 bridgehead atoms. The smallest absolute Gasteiger partial charge is 0.310 e. The minimum Gasteiger partial charge on any atom is -0.469 e. The van der Waals surface area contributed by atoms with Gasteiger partial charge in [-0.1, -0.05) is 6.92 Å². The second kappa shape index (κ2) is 9.55. The van der Waals surface area contributed by atoms with E-state index in [2.05, 4.69) is 29.0 Å². The third kappa shape index (κ3) is 5.05. The molecule has 136 valence electrons. The van der Waals surface area contributed by atoms with Crippen LogP contribution in [0.25, 0.3) is 0 Å². The van der Waals surface area contributed by atoms with Gasteiger partial charge in [0.25, 0.3) is 0 Å². The molecule has 8 heteroatoms. The summed E-state index contributed by atoms with van der Waals surface area (Å²) in [6.07, 6.45) is 0. The summed E-state index contributed by atoms with van der Waals surface area (Å²) in [6.45, 7) is 11.0. The molecular weight excluding hydrogens is 439 g/mol. The zero-order valence-electron chi connectivity index (χ0n) is 15.0. The molecule has 0 spiro atoms. The van der Waals surface area contributed by atoms with E-state index in [4.69, 9.17) is 9.73 Å². The van der Waals surface area contributed by atoms with E-state index in [0.29, 0.717) is 13.1 Å². The topological polar surface area (TPSA) is 66.8 Å². The van der Waals surface area contributed by atoms with Gasteiger partial charge in [-0.25, -0.2) is 9.98 Å². The standard InChI is InChI=1S/C16H26N4O2S.HI/c1-6-17-16(18-7-14-19-11(3)12(4)23-14)20-8-10(2)13(9-20)15(21)22-5;/h10,13H,6-9H2,1-5H3,(H,17,18);1H. The maximum Gasteiger partial charge on any atom is 0.310 e. The van der Waals surface area contributed by atoms with Gasteiger partial charge in [0.05, 0.1) is 25.3 Å². The normalized spacial score (nSPS) is 20.7. The molecule has 1 aromatic rings. The summed E-state index contributed by atoms with van der Waals surface area (Å²) in [6, 6.07) is 0. The molecule has 1 aliphatic heterocycles. The van der Waals surface area contributed by atoms with Crippen LogP contribution in [-0.4, -0.2) is 48.6 Å². The van der Waals surface area contributed by atoms with Gasteiger partial charge in [-0.3, -0.25) is 4.79 Å². The van der Waals surface area contributed by atoms with Crippen molar-refractivity contribution < 1.29 is 9.53 Å². The van der Waals surface area contributed by atoms with Crippen LogP contribution in [0.1, 0.15) is 29.4 Å². The van der Waals surface area contributed by atoms with E-state index in [9.17, 15) is 4.79 Å². The second-order valence-corrected chi connectivity index (χ2v) is 7.22. The number of likely N-dealkylation sites (tertiary alicyclic amines) is 1. The van der Waals surface area contributed by atoms with Gasteiger partial charge < -0.3 is 15.0 Å². The summed E-state index contributed by atoms with van der Waals surface area (Å²) in [4.78, 5) is 24.5. The van der Waals surface area contributed by atoms with Crippen molar-refractivity contribution >= 4 is 47.2 Å². The van der Waals surface area contributed by atoms with Crippen LogP contribution in [0.3, 0.4) is 0 Å². The number of carbonyl (C=O) groups is 1. The Morgan fingerprint density at radius 2 is 2.17 bits per heavy atom. The Kier molecular flexibility index (Phi) is 8.41. The fourth-order valence-electron chi connectivity index (χ4n) is 2.77.